The van der Waals surface area contributed by atoms with Crippen LogP contribution in [-0.4, -0.2) is 34.6 Å². The van der Waals surface area contributed by atoms with E-state index in [4.69, 9.17) is 4.74 Å². The zero-order valence-corrected chi connectivity index (χ0v) is 7.81. The predicted molar refractivity (Wildman–Crippen MR) is 48.2 cm³/mol. The van der Waals surface area contributed by atoms with E-state index >= 15 is 0 Å². The summed E-state index contributed by atoms with van der Waals surface area (Å²) in [5, 5.41) is 19.2. The second-order valence-corrected chi connectivity index (χ2v) is 4.46. The van der Waals surface area contributed by atoms with Gasteiger partial charge in [0.25, 0.3) is 0 Å². The molecule has 0 amide bonds. The van der Waals surface area contributed by atoms with E-state index in [9.17, 15) is 10.2 Å². The molecule has 2 bridgehead atoms. The van der Waals surface area contributed by atoms with Crippen molar-refractivity contribution in [3.63, 3.8) is 0 Å². The number of hydrogen-bond acceptors (Lipinski definition) is 3. The summed E-state index contributed by atoms with van der Waals surface area (Å²) in [6.07, 6.45) is 1.56. The number of allylic oxidation sites excluding steroid dienone is 1. The second kappa shape index (κ2) is 2.80. The van der Waals surface area contributed by atoms with Crippen molar-refractivity contribution in [2.75, 3.05) is 0 Å². The zero-order chi connectivity index (χ0) is 9.64. The molecule has 2 N–H and O–H groups in total. The van der Waals surface area contributed by atoms with Crippen LogP contribution in [0, 0.1) is 5.41 Å². The van der Waals surface area contributed by atoms with E-state index in [-0.39, 0.29) is 17.6 Å². The Balaban J connectivity index is 2.20. The highest BCUT2D eigenvalue weighted by Gasteiger charge is 2.50. The number of hydrogen-bond donors (Lipinski definition) is 2. The Hall–Kier alpha value is -0.380. The van der Waals surface area contributed by atoms with E-state index in [2.05, 4.69) is 13.5 Å². The zero-order valence-electron chi connectivity index (χ0n) is 7.81. The average Bonchev–Trinajstić information content (AvgIpc) is 2.31. The molecule has 4 atom stereocenters. The number of ether oxygens (including phenoxy) is 1. The normalized spacial score (nSPS) is 55.0. The van der Waals surface area contributed by atoms with Crippen LogP contribution in [0.2, 0.25) is 0 Å². The molecule has 13 heavy (non-hydrogen) atoms. The quantitative estimate of drug-likeness (QED) is 0.582. The fourth-order valence-corrected chi connectivity index (χ4v) is 2.33. The van der Waals surface area contributed by atoms with Gasteiger partial charge >= 0.3 is 0 Å². The first-order valence-electron chi connectivity index (χ1n) is 4.71. The summed E-state index contributed by atoms with van der Waals surface area (Å²) in [6.45, 7) is 5.87. The van der Waals surface area contributed by atoms with E-state index in [0.29, 0.717) is 0 Å². The minimum absolute atomic E-state index is 0.00600. The highest BCUT2D eigenvalue weighted by atomic mass is 16.5. The number of aliphatic hydroxyl groups excluding tert-OH is 2. The molecule has 2 aliphatic heterocycles. The van der Waals surface area contributed by atoms with Crippen LogP contribution in [0.25, 0.3) is 0 Å². The largest absolute Gasteiger partial charge is 0.388 e. The minimum Gasteiger partial charge on any atom is -0.388 e. The second-order valence-electron chi connectivity index (χ2n) is 4.46. The van der Waals surface area contributed by atoms with Crippen molar-refractivity contribution in [3.8, 4) is 0 Å². The first-order chi connectivity index (χ1) is 6.06. The van der Waals surface area contributed by atoms with Gasteiger partial charge in [0.05, 0.1) is 12.2 Å². The van der Waals surface area contributed by atoms with Gasteiger partial charge in [0.15, 0.2) is 0 Å². The molecule has 0 aromatic carbocycles. The van der Waals surface area contributed by atoms with Gasteiger partial charge in [-0.15, -0.1) is 6.58 Å². The predicted octanol–water partition coefficient (Wildman–Crippen LogP) is 0.462. The fourth-order valence-electron chi connectivity index (χ4n) is 2.33. The lowest BCUT2D eigenvalue weighted by atomic mass is 9.79. The molecule has 0 aromatic rings. The molecule has 2 rings (SSSR count). The summed E-state index contributed by atoms with van der Waals surface area (Å²) < 4.78 is 5.47. The third-order valence-corrected chi connectivity index (χ3v) is 3.29. The van der Waals surface area contributed by atoms with Crippen molar-refractivity contribution in [2.45, 2.75) is 44.2 Å². The van der Waals surface area contributed by atoms with Crippen molar-refractivity contribution < 1.29 is 14.9 Å². The molecule has 0 spiro atoms. The summed E-state index contributed by atoms with van der Waals surface area (Å²) in [4.78, 5) is 0. The molecular weight excluding hydrogens is 168 g/mol. The Morgan fingerprint density at radius 3 is 2.15 bits per heavy atom. The molecule has 0 aliphatic carbocycles. The number of aliphatic hydroxyl groups is 2. The summed E-state index contributed by atoms with van der Waals surface area (Å²) in [5.74, 6) is 0. The Kier molecular flexibility index (Phi) is 1.98. The lowest BCUT2D eigenvalue weighted by molar-refractivity contribution is -0.0636. The summed E-state index contributed by atoms with van der Waals surface area (Å²) in [5.41, 5.74) is 0.00600. The first-order valence-corrected chi connectivity index (χ1v) is 4.71. The SMILES string of the molecule is C=CC1(C)CC2OC(C1)C(O)C2O. The van der Waals surface area contributed by atoms with E-state index in [1.807, 2.05) is 6.08 Å². The van der Waals surface area contributed by atoms with Gasteiger partial charge in [0, 0.05) is 0 Å². The molecule has 3 nitrogen and oxygen atoms in total. The van der Waals surface area contributed by atoms with E-state index < -0.39 is 12.2 Å². The molecule has 2 saturated heterocycles. The third kappa shape index (κ3) is 1.31. The summed E-state index contributed by atoms with van der Waals surface area (Å²) in [6, 6.07) is 0. The van der Waals surface area contributed by atoms with E-state index in [0.717, 1.165) is 12.8 Å². The Labute approximate surface area is 78.0 Å². The fraction of sp³-hybridized carbons (Fsp3) is 0.800. The molecule has 2 heterocycles. The maximum absolute atomic E-state index is 9.59. The van der Waals surface area contributed by atoms with Gasteiger partial charge in [0.1, 0.15) is 12.2 Å². The van der Waals surface area contributed by atoms with Crippen LogP contribution in [0.15, 0.2) is 12.7 Å². The highest BCUT2D eigenvalue weighted by molar-refractivity contribution is 5.06. The maximum Gasteiger partial charge on any atom is 0.109 e. The van der Waals surface area contributed by atoms with Crippen LogP contribution >= 0.6 is 0 Å². The van der Waals surface area contributed by atoms with Crippen molar-refractivity contribution in [3.05, 3.63) is 12.7 Å². The Morgan fingerprint density at radius 2 is 1.77 bits per heavy atom. The molecule has 0 aromatic heterocycles. The van der Waals surface area contributed by atoms with Gasteiger partial charge < -0.3 is 14.9 Å². The topological polar surface area (TPSA) is 49.7 Å². The molecule has 2 fully saturated rings. The third-order valence-electron chi connectivity index (χ3n) is 3.29. The average molecular weight is 184 g/mol. The molecule has 0 saturated carbocycles. The van der Waals surface area contributed by atoms with Crippen LogP contribution < -0.4 is 0 Å². The standard InChI is InChI=1S/C10H16O3/c1-3-10(2)4-6-8(11)9(12)7(5-10)13-6/h3,6-9,11-12H,1,4-5H2,2H3. The molecule has 2 aliphatic rings. The van der Waals surface area contributed by atoms with Gasteiger partial charge in [-0.3, -0.25) is 0 Å². The van der Waals surface area contributed by atoms with Gasteiger partial charge in [-0.05, 0) is 18.3 Å². The van der Waals surface area contributed by atoms with Crippen molar-refractivity contribution >= 4 is 0 Å². The molecule has 74 valence electrons. The molecule has 4 unspecified atom stereocenters. The smallest absolute Gasteiger partial charge is 0.109 e. The van der Waals surface area contributed by atoms with Crippen molar-refractivity contribution in [1.29, 1.82) is 0 Å². The van der Waals surface area contributed by atoms with Crippen molar-refractivity contribution in [1.82, 2.24) is 0 Å². The monoisotopic (exact) mass is 184 g/mol. The number of rotatable bonds is 1. The number of fused-ring (bicyclic) bond motifs is 2. The van der Waals surface area contributed by atoms with E-state index in [1.54, 1.807) is 0 Å². The van der Waals surface area contributed by atoms with Crippen LogP contribution in [0.3, 0.4) is 0 Å². The van der Waals surface area contributed by atoms with E-state index in [1.165, 1.54) is 0 Å². The van der Waals surface area contributed by atoms with Gasteiger partial charge in [-0.2, -0.15) is 0 Å². The first kappa shape index (κ1) is 9.19. The molecular formula is C10H16O3. The minimum atomic E-state index is -0.716. The van der Waals surface area contributed by atoms with Gasteiger partial charge in [0.2, 0.25) is 0 Å². The van der Waals surface area contributed by atoms with Crippen molar-refractivity contribution in [2.24, 2.45) is 5.41 Å². The van der Waals surface area contributed by atoms with Crippen LogP contribution in [0.5, 0.6) is 0 Å². The van der Waals surface area contributed by atoms with Gasteiger partial charge in [-0.1, -0.05) is 13.0 Å². The Morgan fingerprint density at radius 1 is 1.31 bits per heavy atom. The van der Waals surface area contributed by atoms with Gasteiger partial charge in [-0.25, -0.2) is 0 Å². The maximum atomic E-state index is 9.59. The highest BCUT2D eigenvalue weighted by Crippen LogP contribution is 2.44. The molecule has 0 radical (unpaired) electrons. The lowest BCUT2D eigenvalue weighted by Gasteiger charge is -2.35. The summed E-state index contributed by atoms with van der Waals surface area (Å²) >= 11 is 0. The summed E-state index contributed by atoms with van der Waals surface area (Å²) in [7, 11) is 0. The van der Waals surface area contributed by atoms with Crippen LogP contribution in [-0.2, 0) is 4.74 Å². The Bertz CT molecular complexity index is 210. The molecule has 3 heteroatoms. The van der Waals surface area contributed by atoms with Crippen LogP contribution in [0.1, 0.15) is 19.8 Å². The lowest BCUT2D eigenvalue weighted by Crippen LogP contribution is -2.34. The van der Waals surface area contributed by atoms with Crippen LogP contribution in [0.4, 0.5) is 0 Å².